The van der Waals surface area contributed by atoms with Crippen molar-refractivity contribution in [1.29, 1.82) is 0 Å². The van der Waals surface area contributed by atoms with Gasteiger partial charge in [0.2, 0.25) is 0 Å². The lowest BCUT2D eigenvalue weighted by atomic mass is 10.1. The Labute approximate surface area is 85.4 Å². The van der Waals surface area contributed by atoms with Gasteiger partial charge in [-0.25, -0.2) is 4.39 Å². The van der Waals surface area contributed by atoms with Crippen molar-refractivity contribution in [2.45, 2.75) is 6.92 Å². The molecule has 1 N–H and O–H groups in total. The smallest absolute Gasteiger partial charge is 0.266 e. The number of oxazole rings is 1. The Hall–Kier alpha value is -1.42. The molecule has 0 aliphatic rings. The third kappa shape index (κ3) is 1.61. The maximum Gasteiger partial charge on any atom is 0.266 e. The summed E-state index contributed by atoms with van der Waals surface area (Å²) in [6.45, 7) is 1.81. The van der Waals surface area contributed by atoms with Gasteiger partial charge in [-0.15, -0.1) is 0 Å². The molecule has 14 heavy (non-hydrogen) atoms. The van der Waals surface area contributed by atoms with Crippen molar-refractivity contribution in [2.75, 3.05) is 0 Å². The van der Waals surface area contributed by atoms with E-state index in [0.29, 0.717) is 10.6 Å². The summed E-state index contributed by atoms with van der Waals surface area (Å²) < 4.78 is 17.8. The first kappa shape index (κ1) is 9.15. The Bertz CT molecular complexity index is 498. The van der Waals surface area contributed by atoms with Crippen LogP contribution in [0.15, 0.2) is 28.7 Å². The van der Waals surface area contributed by atoms with Crippen LogP contribution in [0.5, 0.6) is 0 Å². The predicted octanol–water partition coefficient (Wildman–Crippen LogP) is 3.45. The van der Waals surface area contributed by atoms with Crippen LogP contribution in [0.25, 0.3) is 11.3 Å². The van der Waals surface area contributed by atoms with E-state index in [1.54, 1.807) is 12.1 Å². The first-order chi connectivity index (χ1) is 6.66. The third-order valence-electron chi connectivity index (χ3n) is 1.96. The zero-order valence-electron chi connectivity index (χ0n) is 7.50. The fourth-order valence-corrected chi connectivity index (χ4v) is 1.52. The number of nitrogens with one attached hydrogen (secondary N) is 1. The molecule has 0 saturated heterocycles. The zero-order valence-corrected chi connectivity index (χ0v) is 8.32. The molecule has 2 aromatic rings. The molecule has 0 amide bonds. The molecule has 72 valence electrons. The van der Waals surface area contributed by atoms with E-state index in [1.807, 2.05) is 6.92 Å². The second kappa shape index (κ2) is 3.38. The van der Waals surface area contributed by atoms with Gasteiger partial charge >= 0.3 is 0 Å². The lowest BCUT2D eigenvalue weighted by Crippen LogP contribution is -1.81. The van der Waals surface area contributed by atoms with Crippen LogP contribution in [0.2, 0.25) is 0 Å². The number of aromatic nitrogens is 1. The summed E-state index contributed by atoms with van der Waals surface area (Å²) >= 11 is 4.85. The third-order valence-corrected chi connectivity index (χ3v) is 2.14. The van der Waals surface area contributed by atoms with Crippen LogP contribution in [0.1, 0.15) is 5.76 Å². The van der Waals surface area contributed by atoms with E-state index in [2.05, 4.69) is 4.98 Å². The summed E-state index contributed by atoms with van der Waals surface area (Å²) in [6, 6.07) is 6.16. The Morgan fingerprint density at radius 1 is 1.29 bits per heavy atom. The molecule has 0 atom stereocenters. The van der Waals surface area contributed by atoms with Crippen molar-refractivity contribution in [3.63, 3.8) is 0 Å². The van der Waals surface area contributed by atoms with Crippen LogP contribution >= 0.6 is 12.2 Å². The lowest BCUT2D eigenvalue weighted by Gasteiger charge is -1.97. The second-order valence-corrected chi connectivity index (χ2v) is 3.32. The highest BCUT2D eigenvalue weighted by molar-refractivity contribution is 7.71. The standard InChI is InChI=1S/C10H8FNOS/c1-6-9(12-10(14)13-6)7-2-4-8(11)5-3-7/h2-5H,1H3,(H,12,14). The average molecular weight is 209 g/mol. The van der Waals surface area contributed by atoms with Gasteiger partial charge in [-0.1, -0.05) is 0 Å². The minimum Gasteiger partial charge on any atom is -0.434 e. The van der Waals surface area contributed by atoms with Gasteiger partial charge in [0.05, 0.1) is 5.69 Å². The molecular formula is C10H8FNOS. The SMILES string of the molecule is Cc1oc(=S)[nH]c1-c1ccc(F)cc1. The van der Waals surface area contributed by atoms with Crippen molar-refractivity contribution in [3.8, 4) is 11.3 Å². The maximum absolute atomic E-state index is 12.7. The molecule has 0 radical (unpaired) electrons. The van der Waals surface area contributed by atoms with Gasteiger partial charge < -0.3 is 9.40 Å². The maximum atomic E-state index is 12.7. The quantitative estimate of drug-likeness (QED) is 0.729. The Kier molecular flexibility index (Phi) is 2.21. The van der Waals surface area contributed by atoms with Crippen molar-refractivity contribution in [2.24, 2.45) is 0 Å². The van der Waals surface area contributed by atoms with Crippen LogP contribution in [-0.2, 0) is 0 Å². The van der Waals surface area contributed by atoms with E-state index in [4.69, 9.17) is 16.6 Å². The summed E-state index contributed by atoms with van der Waals surface area (Å²) in [4.78, 5) is 3.24. The van der Waals surface area contributed by atoms with Crippen molar-refractivity contribution in [1.82, 2.24) is 4.98 Å². The van der Waals surface area contributed by atoms with E-state index in [-0.39, 0.29) is 5.82 Å². The summed E-state index contributed by atoms with van der Waals surface area (Å²) in [5, 5.41) is 0. The average Bonchev–Trinajstić information content (AvgIpc) is 2.47. The highest BCUT2D eigenvalue weighted by atomic mass is 32.1. The first-order valence-corrected chi connectivity index (χ1v) is 4.53. The summed E-state index contributed by atoms with van der Waals surface area (Å²) in [7, 11) is 0. The molecule has 0 unspecified atom stereocenters. The normalized spacial score (nSPS) is 10.4. The number of hydrogen-bond acceptors (Lipinski definition) is 2. The molecule has 1 heterocycles. The predicted molar refractivity (Wildman–Crippen MR) is 54.0 cm³/mol. The van der Waals surface area contributed by atoms with Gasteiger partial charge in [0.15, 0.2) is 0 Å². The molecule has 0 saturated carbocycles. The summed E-state index contributed by atoms with van der Waals surface area (Å²) in [5.41, 5.74) is 1.67. The van der Waals surface area contributed by atoms with Crippen molar-refractivity contribution in [3.05, 3.63) is 40.7 Å². The zero-order chi connectivity index (χ0) is 10.1. The van der Waals surface area contributed by atoms with E-state index < -0.39 is 0 Å². The van der Waals surface area contributed by atoms with Gasteiger partial charge in [0.1, 0.15) is 11.6 Å². The number of aryl methyl sites for hydroxylation is 1. The van der Waals surface area contributed by atoms with Gasteiger partial charge in [-0.05, 0) is 43.4 Å². The first-order valence-electron chi connectivity index (χ1n) is 4.12. The number of H-pyrrole nitrogens is 1. The number of benzene rings is 1. The largest absolute Gasteiger partial charge is 0.434 e. The Morgan fingerprint density at radius 2 is 1.93 bits per heavy atom. The van der Waals surface area contributed by atoms with Gasteiger partial charge in [0.25, 0.3) is 4.84 Å². The fraction of sp³-hybridized carbons (Fsp3) is 0.100. The molecule has 0 spiro atoms. The lowest BCUT2D eigenvalue weighted by molar-refractivity contribution is 0.512. The molecule has 1 aromatic heterocycles. The van der Waals surface area contributed by atoms with Crippen LogP contribution in [0.4, 0.5) is 4.39 Å². The van der Waals surface area contributed by atoms with E-state index in [1.165, 1.54) is 12.1 Å². The molecular weight excluding hydrogens is 201 g/mol. The number of aromatic amines is 1. The van der Waals surface area contributed by atoms with Crippen molar-refractivity contribution < 1.29 is 8.81 Å². The Morgan fingerprint density at radius 3 is 2.43 bits per heavy atom. The molecule has 0 fully saturated rings. The molecule has 1 aromatic carbocycles. The minimum absolute atomic E-state index is 0.256. The highest BCUT2D eigenvalue weighted by Crippen LogP contribution is 2.21. The Balaban J connectivity index is 2.54. The summed E-state index contributed by atoms with van der Waals surface area (Å²) in [5.74, 6) is 0.454. The van der Waals surface area contributed by atoms with E-state index >= 15 is 0 Å². The number of hydrogen-bond donors (Lipinski definition) is 1. The second-order valence-electron chi connectivity index (χ2n) is 2.95. The van der Waals surface area contributed by atoms with Gasteiger partial charge in [0, 0.05) is 5.56 Å². The van der Waals surface area contributed by atoms with Gasteiger partial charge in [-0.2, -0.15) is 0 Å². The topological polar surface area (TPSA) is 28.9 Å². The van der Waals surface area contributed by atoms with Crippen LogP contribution in [0.3, 0.4) is 0 Å². The van der Waals surface area contributed by atoms with Crippen LogP contribution < -0.4 is 0 Å². The highest BCUT2D eigenvalue weighted by Gasteiger charge is 2.05. The van der Waals surface area contributed by atoms with E-state index in [9.17, 15) is 4.39 Å². The van der Waals surface area contributed by atoms with Crippen LogP contribution in [-0.4, -0.2) is 4.98 Å². The molecule has 0 aliphatic carbocycles. The molecule has 0 bridgehead atoms. The number of halogens is 1. The van der Waals surface area contributed by atoms with Gasteiger partial charge in [-0.3, -0.25) is 0 Å². The number of rotatable bonds is 1. The minimum atomic E-state index is -0.256. The van der Waals surface area contributed by atoms with Crippen LogP contribution in [0, 0.1) is 17.6 Å². The van der Waals surface area contributed by atoms with E-state index in [0.717, 1.165) is 11.3 Å². The molecule has 0 aliphatic heterocycles. The molecule has 2 rings (SSSR count). The molecule has 4 heteroatoms. The monoisotopic (exact) mass is 209 g/mol. The molecule has 2 nitrogen and oxygen atoms in total. The summed E-state index contributed by atoms with van der Waals surface area (Å²) in [6.07, 6.45) is 0. The van der Waals surface area contributed by atoms with Crippen molar-refractivity contribution >= 4 is 12.2 Å². The fourth-order valence-electron chi connectivity index (χ4n) is 1.30.